The van der Waals surface area contributed by atoms with Crippen LogP contribution in [0, 0.1) is 6.92 Å². The van der Waals surface area contributed by atoms with Gasteiger partial charge in [0.25, 0.3) is 0 Å². The smallest absolute Gasteiger partial charge is 0.241 e. The highest BCUT2D eigenvalue weighted by atomic mass is 32.2. The fourth-order valence-electron chi connectivity index (χ4n) is 3.95. The van der Waals surface area contributed by atoms with Gasteiger partial charge in [0.1, 0.15) is 5.75 Å². The second-order valence-electron chi connectivity index (χ2n) is 7.78. The topological polar surface area (TPSA) is 92.8 Å². The number of hydrogen-bond acceptors (Lipinski definition) is 5. The summed E-state index contributed by atoms with van der Waals surface area (Å²) in [6.07, 6.45) is 0.168. The minimum atomic E-state index is -4.04. The molecule has 7 nitrogen and oxygen atoms in total. The summed E-state index contributed by atoms with van der Waals surface area (Å²) < 4.78 is 35.1. The van der Waals surface area contributed by atoms with E-state index in [4.69, 9.17) is 4.74 Å². The maximum absolute atomic E-state index is 13.5. The highest BCUT2D eigenvalue weighted by molar-refractivity contribution is 7.89. The zero-order chi connectivity index (χ0) is 23.6. The minimum absolute atomic E-state index is 0.0692. The van der Waals surface area contributed by atoms with Crippen molar-refractivity contribution in [1.82, 2.24) is 4.72 Å². The summed E-state index contributed by atoms with van der Waals surface area (Å²) in [6.45, 7) is 1.93. The summed E-state index contributed by atoms with van der Waals surface area (Å²) in [6, 6.07) is 20.4. The largest absolute Gasteiger partial charge is 0.495 e. The van der Waals surface area contributed by atoms with Gasteiger partial charge in [-0.3, -0.25) is 9.59 Å². The number of aryl methyl sites for hydroxylation is 1. The van der Waals surface area contributed by atoms with E-state index in [0.29, 0.717) is 0 Å². The van der Waals surface area contributed by atoms with Crippen LogP contribution in [0.5, 0.6) is 5.75 Å². The van der Waals surface area contributed by atoms with Gasteiger partial charge < -0.3 is 4.74 Å². The number of carbonyl (C=O) groups is 2. The van der Waals surface area contributed by atoms with E-state index in [1.54, 1.807) is 0 Å². The van der Waals surface area contributed by atoms with Crippen molar-refractivity contribution in [3.05, 3.63) is 89.5 Å². The molecule has 1 saturated heterocycles. The van der Waals surface area contributed by atoms with Gasteiger partial charge in [-0.05, 0) is 41.8 Å². The van der Waals surface area contributed by atoms with Gasteiger partial charge in [0.15, 0.2) is 0 Å². The molecule has 1 N–H and O–H groups in total. The number of imide groups is 1. The van der Waals surface area contributed by atoms with Crippen LogP contribution in [0.1, 0.15) is 35.6 Å². The molecule has 170 valence electrons. The molecule has 0 aliphatic carbocycles. The lowest BCUT2D eigenvalue weighted by Crippen LogP contribution is -2.31. The molecule has 0 radical (unpaired) electrons. The average Bonchev–Trinajstić information content (AvgIpc) is 3.16. The van der Waals surface area contributed by atoms with Crippen molar-refractivity contribution in [1.29, 1.82) is 0 Å². The number of hydrogen-bond donors (Lipinski definition) is 1. The Hall–Kier alpha value is -3.49. The van der Waals surface area contributed by atoms with Crippen LogP contribution in [0.15, 0.2) is 77.7 Å². The molecule has 0 unspecified atom stereocenters. The van der Waals surface area contributed by atoms with E-state index in [2.05, 4.69) is 4.72 Å². The van der Waals surface area contributed by atoms with Gasteiger partial charge in [-0.2, -0.15) is 4.72 Å². The molecule has 1 aliphatic heterocycles. The maximum Gasteiger partial charge on any atom is 0.241 e. The van der Waals surface area contributed by atoms with E-state index in [1.165, 1.54) is 25.3 Å². The molecule has 1 aliphatic rings. The van der Waals surface area contributed by atoms with Crippen molar-refractivity contribution in [2.45, 2.75) is 30.7 Å². The fourth-order valence-corrected chi connectivity index (χ4v) is 5.17. The zero-order valence-corrected chi connectivity index (χ0v) is 19.1. The van der Waals surface area contributed by atoms with Crippen molar-refractivity contribution in [3.63, 3.8) is 0 Å². The quantitative estimate of drug-likeness (QED) is 0.538. The Morgan fingerprint density at radius 3 is 2.18 bits per heavy atom. The number of ether oxygens (including phenoxy) is 1. The van der Waals surface area contributed by atoms with Gasteiger partial charge in [-0.15, -0.1) is 0 Å². The van der Waals surface area contributed by atoms with Gasteiger partial charge in [0.05, 0.1) is 23.7 Å². The first-order chi connectivity index (χ1) is 15.8. The third kappa shape index (κ3) is 4.53. The number of rotatable bonds is 7. The minimum Gasteiger partial charge on any atom is -0.495 e. The highest BCUT2D eigenvalue weighted by Crippen LogP contribution is 2.35. The van der Waals surface area contributed by atoms with Gasteiger partial charge in [0.2, 0.25) is 21.8 Å². The van der Waals surface area contributed by atoms with E-state index in [1.807, 2.05) is 61.5 Å². The number of carbonyl (C=O) groups excluding carboxylic acids is 2. The molecule has 0 spiro atoms. The van der Waals surface area contributed by atoms with E-state index in [0.717, 1.165) is 21.6 Å². The van der Waals surface area contributed by atoms with Crippen LogP contribution >= 0.6 is 0 Å². The van der Waals surface area contributed by atoms with Crippen LogP contribution in [0.4, 0.5) is 5.69 Å². The zero-order valence-electron chi connectivity index (χ0n) is 18.3. The molecule has 2 amide bonds. The lowest BCUT2D eigenvalue weighted by molar-refractivity contribution is -0.121. The second kappa shape index (κ2) is 9.17. The van der Waals surface area contributed by atoms with Crippen LogP contribution in [0.3, 0.4) is 0 Å². The SMILES string of the molecule is COc1ccc(S(=O)(=O)N[C@@H](c2ccccc2)c2ccccc2C)cc1N1C(=O)CCC1=O. The lowest BCUT2D eigenvalue weighted by Gasteiger charge is -2.23. The summed E-state index contributed by atoms with van der Waals surface area (Å²) in [5.74, 6) is -0.526. The maximum atomic E-state index is 13.5. The van der Waals surface area contributed by atoms with Crippen LogP contribution in [-0.4, -0.2) is 27.3 Å². The Morgan fingerprint density at radius 1 is 0.909 bits per heavy atom. The average molecular weight is 465 g/mol. The van der Waals surface area contributed by atoms with E-state index < -0.39 is 16.1 Å². The van der Waals surface area contributed by atoms with E-state index >= 15 is 0 Å². The Labute approximate surface area is 193 Å². The number of benzene rings is 3. The number of anilines is 1. The molecule has 4 rings (SSSR count). The lowest BCUT2D eigenvalue weighted by atomic mass is 9.96. The van der Waals surface area contributed by atoms with Crippen molar-refractivity contribution >= 4 is 27.5 Å². The Kier molecular flexibility index (Phi) is 6.31. The number of methoxy groups -OCH3 is 1. The molecule has 33 heavy (non-hydrogen) atoms. The summed E-state index contributed by atoms with van der Waals surface area (Å²) in [5.41, 5.74) is 2.68. The fraction of sp³-hybridized carbons (Fsp3) is 0.200. The van der Waals surface area contributed by atoms with Crippen LogP contribution < -0.4 is 14.4 Å². The van der Waals surface area contributed by atoms with Gasteiger partial charge in [-0.25, -0.2) is 13.3 Å². The normalized spacial score (nSPS) is 15.0. The predicted molar refractivity (Wildman–Crippen MR) is 125 cm³/mol. The third-order valence-electron chi connectivity index (χ3n) is 5.66. The van der Waals surface area contributed by atoms with Gasteiger partial charge >= 0.3 is 0 Å². The number of nitrogens with one attached hydrogen (secondary N) is 1. The van der Waals surface area contributed by atoms with Crippen LogP contribution in [0.25, 0.3) is 0 Å². The number of sulfonamides is 1. The molecule has 0 saturated carbocycles. The molecule has 3 aromatic rings. The highest BCUT2D eigenvalue weighted by Gasteiger charge is 2.34. The molecule has 3 aromatic carbocycles. The Morgan fingerprint density at radius 2 is 1.55 bits per heavy atom. The molecule has 0 bridgehead atoms. The van der Waals surface area contributed by atoms with Gasteiger partial charge in [0, 0.05) is 12.8 Å². The summed E-state index contributed by atoms with van der Waals surface area (Å²) in [7, 11) is -2.64. The number of amides is 2. The second-order valence-corrected chi connectivity index (χ2v) is 9.49. The van der Waals surface area contributed by atoms with Gasteiger partial charge in [-0.1, -0.05) is 54.6 Å². The standard InChI is InChI=1S/C25H24N2O5S/c1-17-8-6-7-11-20(17)25(18-9-4-3-5-10-18)26-33(30,31)19-12-13-22(32-2)21(16-19)27-23(28)14-15-24(27)29/h3-13,16,25-26H,14-15H2,1-2H3/t25-/m0/s1. The molecule has 1 fully saturated rings. The van der Waals surface area contributed by atoms with E-state index in [9.17, 15) is 18.0 Å². The monoisotopic (exact) mass is 464 g/mol. The Balaban J connectivity index is 1.77. The molecular weight excluding hydrogens is 440 g/mol. The van der Waals surface area contributed by atoms with Crippen molar-refractivity contribution < 1.29 is 22.7 Å². The first kappa shape index (κ1) is 22.7. The predicted octanol–water partition coefficient (Wildman–Crippen LogP) is 3.72. The number of nitrogens with zero attached hydrogens (tertiary/aromatic N) is 1. The van der Waals surface area contributed by atoms with Crippen LogP contribution in [-0.2, 0) is 19.6 Å². The first-order valence-corrected chi connectivity index (χ1v) is 12.0. The summed E-state index contributed by atoms with van der Waals surface area (Å²) >= 11 is 0. The first-order valence-electron chi connectivity index (χ1n) is 10.5. The summed E-state index contributed by atoms with van der Waals surface area (Å²) in [4.78, 5) is 25.5. The Bertz CT molecular complexity index is 1290. The summed E-state index contributed by atoms with van der Waals surface area (Å²) in [5, 5.41) is 0. The van der Waals surface area contributed by atoms with Crippen molar-refractivity contribution in [3.8, 4) is 5.75 Å². The molecule has 1 heterocycles. The van der Waals surface area contributed by atoms with E-state index in [-0.39, 0.29) is 41.0 Å². The molecule has 1 atom stereocenters. The molecule has 0 aromatic heterocycles. The third-order valence-corrected chi connectivity index (χ3v) is 7.08. The molecular formula is C25H24N2O5S. The molecule has 8 heteroatoms. The van der Waals surface area contributed by atoms with Crippen LogP contribution in [0.2, 0.25) is 0 Å². The van der Waals surface area contributed by atoms with Crippen molar-refractivity contribution in [2.24, 2.45) is 0 Å². The van der Waals surface area contributed by atoms with Crippen molar-refractivity contribution in [2.75, 3.05) is 12.0 Å².